The molecule has 1 saturated carbocycles. The van der Waals surface area contributed by atoms with Crippen LogP contribution >= 0.6 is 11.6 Å². The number of rotatable bonds is 5. The van der Waals surface area contributed by atoms with Gasteiger partial charge in [0.1, 0.15) is 11.6 Å². The SMILES string of the molecule is Cc1cc(C2C3=CCC4C(=O)N(C5CCN(Cc6ccccc6)CC5)C(=O)C4C3CC3C(=O)N(c4ccc(F)c(Cl)c4)C(=O)C32C)cc(C)c1O. The Morgan fingerprint density at radius 2 is 1.59 bits per heavy atom. The summed E-state index contributed by atoms with van der Waals surface area (Å²) in [5.41, 5.74) is 3.10. The Morgan fingerprint density at radius 3 is 2.25 bits per heavy atom. The molecule has 10 heteroatoms. The lowest BCUT2D eigenvalue weighted by Crippen LogP contribution is -2.49. The number of aryl methyl sites for hydroxylation is 2. The Hall–Kier alpha value is -4.34. The number of anilines is 1. The first-order valence-electron chi connectivity index (χ1n) is 17.9. The molecule has 0 radical (unpaired) electrons. The molecule has 4 amide bonds. The van der Waals surface area contributed by atoms with E-state index in [-0.39, 0.29) is 40.7 Å². The number of hydrogen-bond acceptors (Lipinski definition) is 6. The van der Waals surface area contributed by atoms with E-state index in [1.165, 1.54) is 22.6 Å². The number of amides is 4. The molecular formula is C41H41ClFN3O5. The number of likely N-dealkylation sites (tertiary alicyclic amines) is 2. The molecule has 5 aliphatic rings. The molecular weight excluding hydrogens is 669 g/mol. The first-order chi connectivity index (χ1) is 24.4. The van der Waals surface area contributed by atoms with Gasteiger partial charge < -0.3 is 5.11 Å². The van der Waals surface area contributed by atoms with Crippen molar-refractivity contribution in [2.24, 2.45) is 29.1 Å². The number of piperidine rings is 1. The van der Waals surface area contributed by atoms with E-state index in [0.29, 0.717) is 30.4 Å². The maximum Gasteiger partial charge on any atom is 0.241 e. The topological polar surface area (TPSA) is 98.2 Å². The summed E-state index contributed by atoms with van der Waals surface area (Å²) in [5.74, 6) is -4.68. The van der Waals surface area contributed by atoms with E-state index in [9.17, 15) is 28.7 Å². The zero-order valence-electron chi connectivity index (χ0n) is 28.9. The number of aromatic hydroxyl groups is 1. The van der Waals surface area contributed by atoms with Crippen molar-refractivity contribution in [2.45, 2.75) is 65.0 Å². The number of hydrogen-bond donors (Lipinski definition) is 1. The zero-order chi connectivity index (χ0) is 35.9. The second-order valence-electron chi connectivity index (χ2n) is 15.3. The Morgan fingerprint density at radius 1 is 0.902 bits per heavy atom. The van der Waals surface area contributed by atoms with Crippen LogP contribution in [0.3, 0.4) is 0 Å². The quantitative estimate of drug-likeness (QED) is 0.234. The van der Waals surface area contributed by atoms with Gasteiger partial charge in [-0.2, -0.15) is 0 Å². The molecule has 3 saturated heterocycles. The van der Waals surface area contributed by atoms with Crippen LogP contribution in [-0.4, -0.2) is 57.7 Å². The van der Waals surface area contributed by atoms with E-state index in [1.807, 2.05) is 43.3 Å². The lowest BCUT2D eigenvalue weighted by atomic mass is 9.51. The summed E-state index contributed by atoms with van der Waals surface area (Å²) < 4.78 is 14.2. The molecule has 0 spiro atoms. The van der Waals surface area contributed by atoms with Gasteiger partial charge in [-0.1, -0.05) is 65.7 Å². The van der Waals surface area contributed by atoms with Crippen molar-refractivity contribution < 1.29 is 28.7 Å². The summed E-state index contributed by atoms with van der Waals surface area (Å²) in [6, 6.07) is 17.6. The first-order valence-corrected chi connectivity index (χ1v) is 18.2. The molecule has 2 aliphatic carbocycles. The van der Waals surface area contributed by atoms with Crippen LogP contribution in [-0.2, 0) is 25.7 Å². The molecule has 0 aromatic heterocycles. The second-order valence-corrected chi connectivity index (χ2v) is 15.7. The fraction of sp³-hybridized carbons (Fsp3) is 0.415. The molecule has 3 aromatic rings. The number of benzene rings is 3. The summed E-state index contributed by atoms with van der Waals surface area (Å²) in [4.78, 5) is 62.8. The van der Waals surface area contributed by atoms with Gasteiger partial charge in [0.15, 0.2) is 0 Å². The maximum atomic E-state index is 14.7. The highest BCUT2D eigenvalue weighted by Gasteiger charge is 2.68. The van der Waals surface area contributed by atoms with Crippen LogP contribution in [0.4, 0.5) is 10.1 Å². The van der Waals surface area contributed by atoms with E-state index in [4.69, 9.17) is 11.6 Å². The van der Waals surface area contributed by atoms with E-state index in [1.54, 1.807) is 13.8 Å². The van der Waals surface area contributed by atoms with E-state index < -0.39 is 52.6 Å². The van der Waals surface area contributed by atoms with Crippen molar-refractivity contribution in [2.75, 3.05) is 18.0 Å². The highest BCUT2D eigenvalue weighted by Crippen LogP contribution is 2.64. The molecule has 8 nitrogen and oxygen atoms in total. The van der Waals surface area contributed by atoms with Gasteiger partial charge >= 0.3 is 0 Å². The van der Waals surface area contributed by atoms with Gasteiger partial charge in [-0.3, -0.25) is 29.0 Å². The Bertz CT molecular complexity index is 1990. The lowest BCUT2D eigenvalue weighted by molar-refractivity contribution is -0.144. The minimum atomic E-state index is -1.25. The summed E-state index contributed by atoms with van der Waals surface area (Å²) in [5, 5.41) is 10.5. The van der Waals surface area contributed by atoms with Gasteiger partial charge in [-0.25, -0.2) is 9.29 Å². The van der Waals surface area contributed by atoms with Crippen LogP contribution in [0.1, 0.15) is 60.8 Å². The summed E-state index contributed by atoms with van der Waals surface area (Å²) >= 11 is 6.13. The number of imide groups is 2. The molecule has 6 unspecified atom stereocenters. The van der Waals surface area contributed by atoms with Crippen LogP contribution < -0.4 is 4.90 Å². The molecule has 264 valence electrons. The van der Waals surface area contributed by atoms with Crippen LogP contribution in [0.2, 0.25) is 5.02 Å². The first kappa shape index (κ1) is 33.8. The Balaban J connectivity index is 1.14. The molecule has 3 aliphatic heterocycles. The predicted molar refractivity (Wildman–Crippen MR) is 190 cm³/mol. The van der Waals surface area contributed by atoms with E-state index in [2.05, 4.69) is 17.0 Å². The van der Waals surface area contributed by atoms with Gasteiger partial charge in [0.2, 0.25) is 23.6 Å². The van der Waals surface area contributed by atoms with Crippen LogP contribution in [0, 0.1) is 48.8 Å². The normalized spacial score (nSPS) is 29.7. The van der Waals surface area contributed by atoms with Gasteiger partial charge in [0, 0.05) is 31.6 Å². The van der Waals surface area contributed by atoms with Gasteiger partial charge in [0.05, 0.1) is 33.9 Å². The third kappa shape index (κ3) is 5.18. The number of phenolic OH excluding ortho intramolecular Hbond substituents is 1. The third-order valence-electron chi connectivity index (χ3n) is 12.5. The average Bonchev–Trinajstić information content (AvgIpc) is 3.48. The van der Waals surface area contributed by atoms with Crippen LogP contribution in [0.15, 0.2) is 72.3 Å². The van der Waals surface area contributed by atoms with Crippen LogP contribution in [0.25, 0.3) is 0 Å². The monoisotopic (exact) mass is 709 g/mol. The molecule has 8 rings (SSSR count). The fourth-order valence-corrected chi connectivity index (χ4v) is 10.2. The number of allylic oxidation sites excluding steroid dienone is 2. The standard InChI is InChI=1S/C41H41ClFN3O5/c1-22-17-25(18-23(2)36(22)47)35-28-10-11-29-34(39(50)45(37(29)48)26-13-15-44(16-14-26)21-24-7-5-4-6-8-24)30(28)20-31-38(49)46(40(51)41(31,35)3)27-9-12-33(43)32(42)19-27/h4-10,12,17-19,26,29-31,34-35,47H,11,13-16,20-21H2,1-3H3. The van der Waals surface area contributed by atoms with Crippen molar-refractivity contribution in [3.8, 4) is 5.75 Å². The predicted octanol–water partition coefficient (Wildman–Crippen LogP) is 6.70. The number of nitrogens with zero attached hydrogens (tertiary/aromatic N) is 3. The average molecular weight is 710 g/mol. The number of phenols is 1. The lowest BCUT2D eigenvalue weighted by Gasteiger charge is -2.49. The van der Waals surface area contributed by atoms with Crippen molar-refractivity contribution in [3.05, 3.63) is 105 Å². The smallest absolute Gasteiger partial charge is 0.241 e. The molecule has 51 heavy (non-hydrogen) atoms. The molecule has 4 fully saturated rings. The second kappa shape index (κ2) is 12.4. The van der Waals surface area contributed by atoms with Crippen molar-refractivity contribution in [3.63, 3.8) is 0 Å². The highest BCUT2D eigenvalue weighted by molar-refractivity contribution is 6.31. The van der Waals surface area contributed by atoms with Crippen molar-refractivity contribution >= 4 is 40.9 Å². The molecule has 3 aromatic carbocycles. The minimum absolute atomic E-state index is 0.139. The van der Waals surface area contributed by atoms with Gasteiger partial charge in [-0.15, -0.1) is 0 Å². The minimum Gasteiger partial charge on any atom is -0.507 e. The molecule has 6 atom stereocenters. The number of carbonyl (C=O) groups is 4. The highest BCUT2D eigenvalue weighted by atomic mass is 35.5. The van der Waals surface area contributed by atoms with Crippen molar-refractivity contribution in [1.29, 1.82) is 0 Å². The largest absolute Gasteiger partial charge is 0.507 e. The fourth-order valence-electron chi connectivity index (χ4n) is 9.98. The summed E-state index contributed by atoms with van der Waals surface area (Å²) in [7, 11) is 0. The van der Waals surface area contributed by atoms with Gasteiger partial charge in [0.25, 0.3) is 0 Å². The molecule has 3 heterocycles. The van der Waals surface area contributed by atoms with Crippen molar-refractivity contribution in [1.82, 2.24) is 9.80 Å². The number of fused-ring (bicyclic) bond motifs is 4. The summed E-state index contributed by atoms with van der Waals surface area (Å²) in [6.45, 7) is 7.79. The van der Waals surface area contributed by atoms with Gasteiger partial charge in [-0.05, 0) is 92.8 Å². The molecule has 1 N–H and O–H groups in total. The van der Waals surface area contributed by atoms with E-state index in [0.717, 1.165) is 41.7 Å². The van der Waals surface area contributed by atoms with E-state index >= 15 is 0 Å². The summed E-state index contributed by atoms with van der Waals surface area (Å²) in [6.07, 6.45) is 4.05. The Labute approximate surface area is 301 Å². The van der Waals surface area contributed by atoms with Crippen LogP contribution in [0.5, 0.6) is 5.75 Å². The number of halogens is 2. The Kier molecular flexibility index (Phi) is 8.22. The zero-order valence-corrected chi connectivity index (χ0v) is 29.7. The maximum absolute atomic E-state index is 14.7. The number of carbonyl (C=O) groups excluding carboxylic acids is 4. The third-order valence-corrected chi connectivity index (χ3v) is 12.8. The molecule has 0 bridgehead atoms.